The zero-order chi connectivity index (χ0) is 19.0. The lowest BCUT2D eigenvalue weighted by Crippen LogP contribution is -2.37. The quantitative estimate of drug-likeness (QED) is 0.601. The number of amides is 1. The average molecular weight is 371 g/mol. The van der Waals surface area contributed by atoms with Gasteiger partial charge in [-0.05, 0) is 42.4 Å². The number of benzene rings is 1. The van der Waals surface area contributed by atoms with Gasteiger partial charge < -0.3 is 19.1 Å². The predicted octanol–water partition coefficient (Wildman–Crippen LogP) is 2.42. The fourth-order valence-corrected chi connectivity index (χ4v) is 4.43. The first-order valence-electron chi connectivity index (χ1n) is 9.58. The van der Waals surface area contributed by atoms with Gasteiger partial charge >= 0.3 is 5.97 Å². The molecule has 144 valence electrons. The molecule has 1 aromatic carbocycles. The number of allylic oxidation sites excluding steroid dienone is 1. The van der Waals surface area contributed by atoms with E-state index in [1.807, 2.05) is 36.9 Å². The monoisotopic (exact) mass is 371 g/mol. The smallest absolute Gasteiger partial charge is 0.309 e. The van der Waals surface area contributed by atoms with E-state index in [1.54, 1.807) is 0 Å². The summed E-state index contributed by atoms with van der Waals surface area (Å²) in [4.78, 5) is 27.2. The number of hydrogen-bond donors (Lipinski definition) is 0. The minimum absolute atomic E-state index is 0.0759. The van der Waals surface area contributed by atoms with Crippen molar-refractivity contribution in [3.63, 3.8) is 0 Å². The summed E-state index contributed by atoms with van der Waals surface area (Å²) in [7, 11) is 0. The van der Waals surface area contributed by atoms with Crippen LogP contribution in [0.2, 0.25) is 0 Å². The van der Waals surface area contributed by atoms with Crippen LogP contribution in [0.1, 0.15) is 19.4 Å². The molecule has 1 aromatic rings. The lowest BCUT2D eigenvalue weighted by molar-refractivity contribution is -0.152. The predicted molar refractivity (Wildman–Crippen MR) is 98.3 cm³/mol. The number of esters is 1. The van der Waals surface area contributed by atoms with Gasteiger partial charge in [0.25, 0.3) is 0 Å². The molecule has 0 saturated carbocycles. The summed E-state index contributed by atoms with van der Waals surface area (Å²) >= 11 is 0. The number of hydrogen-bond acceptors (Lipinski definition) is 5. The van der Waals surface area contributed by atoms with E-state index in [0.29, 0.717) is 31.9 Å². The Balaban J connectivity index is 1.44. The van der Waals surface area contributed by atoms with Crippen LogP contribution < -0.4 is 9.47 Å². The normalized spacial score (nSPS) is 28.1. The van der Waals surface area contributed by atoms with Crippen molar-refractivity contribution in [1.82, 2.24) is 4.90 Å². The van der Waals surface area contributed by atoms with Crippen LogP contribution in [-0.2, 0) is 20.7 Å². The minimum atomic E-state index is -0.178. The third kappa shape index (κ3) is 3.40. The van der Waals surface area contributed by atoms with E-state index in [1.165, 1.54) is 0 Å². The van der Waals surface area contributed by atoms with Gasteiger partial charge in [-0.2, -0.15) is 0 Å². The highest BCUT2D eigenvalue weighted by Crippen LogP contribution is 2.40. The summed E-state index contributed by atoms with van der Waals surface area (Å²) in [6, 6.07) is 5.61. The first kappa shape index (κ1) is 17.9. The van der Waals surface area contributed by atoms with Gasteiger partial charge in [-0.25, -0.2) is 0 Å². The van der Waals surface area contributed by atoms with Crippen LogP contribution in [0.25, 0.3) is 0 Å². The molecule has 1 aliphatic carbocycles. The van der Waals surface area contributed by atoms with Crippen LogP contribution >= 0.6 is 0 Å². The maximum Gasteiger partial charge on any atom is 0.309 e. The highest BCUT2D eigenvalue weighted by Gasteiger charge is 2.45. The Labute approximate surface area is 159 Å². The zero-order valence-electron chi connectivity index (χ0n) is 15.7. The number of nitrogens with zero attached hydrogens (tertiary/aromatic N) is 1. The molecule has 27 heavy (non-hydrogen) atoms. The van der Waals surface area contributed by atoms with E-state index >= 15 is 0 Å². The molecule has 6 heteroatoms. The van der Waals surface area contributed by atoms with Gasteiger partial charge in [-0.1, -0.05) is 25.1 Å². The third-order valence-corrected chi connectivity index (χ3v) is 5.81. The van der Waals surface area contributed by atoms with E-state index in [9.17, 15) is 9.59 Å². The topological polar surface area (TPSA) is 65.1 Å². The zero-order valence-corrected chi connectivity index (χ0v) is 15.7. The lowest BCUT2D eigenvalue weighted by atomic mass is 9.72. The Morgan fingerprint density at radius 2 is 2.00 bits per heavy atom. The molecule has 0 unspecified atom stereocenters. The van der Waals surface area contributed by atoms with E-state index in [0.717, 1.165) is 11.3 Å². The second kappa shape index (κ2) is 7.25. The van der Waals surface area contributed by atoms with Crippen molar-refractivity contribution in [3.8, 4) is 11.5 Å². The number of ether oxygens (including phenoxy) is 3. The van der Waals surface area contributed by atoms with Crippen LogP contribution in [0.5, 0.6) is 11.5 Å². The molecule has 0 N–H and O–H groups in total. The van der Waals surface area contributed by atoms with E-state index in [-0.39, 0.29) is 42.3 Å². The summed E-state index contributed by atoms with van der Waals surface area (Å²) in [5, 5.41) is 0. The van der Waals surface area contributed by atoms with Gasteiger partial charge in [0.05, 0.1) is 18.9 Å². The molecule has 2 aliphatic heterocycles. The maximum atomic E-state index is 12.9. The van der Waals surface area contributed by atoms with E-state index in [2.05, 4.69) is 12.2 Å². The molecular formula is C21H25NO5. The third-order valence-electron chi connectivity index (χ3n) is 5.81. The molecule has 4 rings (SSSR count). The Morgan fingerprint density at radius 1 is 1.19 bits per heavy atom. The first-order valence-corrected chi connectivity index (χ1v) is 9.58. The van der Waals surface area contributed by atoms with Crippen molar-refractivity contribution in [2.75, 3.05) is 26.5 Å². The molecule has 4 atom stereocenters. The van der Waals surface area contributed by atoms with Gasteiger partial charge in [0.15, 0.2) is 11.5 Å². The van der Waals surface area contributed by atoms with Crippen LogP contribution in [-0.4, -0.2) is 43.3 Å². The second-order valence-corrected chi connectivity index (χ2v) is 7.51. The summed E-state index contributed by atoms with van der Waals surface area (Å²) < 4.78 is 16.0. The first-order chi connectivity index (χ1) is 13.1. The molecule has 2 heterocycles. The van der Waals surface area contributed by atoms with Crippen molar-refractivity contribution in [3.05, 3.63) is 35.9 Å². The van der Waals surface area contributed by atoms with Crippen LogP contribution in [0, 0.1) is 23.7 Å². The molecule has 1 amide bonds. The van der Waals surface area contributed by atoms with Crippen molar-refractivity contribution < 1.29 is 23.8 Å². The SMILES string of the molecule is CCOC(=O)[C@@H]1[C@H]2CN(C(=O)Cc3ccc4c(c3)OCO4)C[C@@H]2C=C[C@@H]1C. The molecular weight excluding hydrogens is 346 g/mol. The number of likely N-dealkylation sites (tertiary alicyclic amines) is 1. The molecule has 6 nitrogen and oxygen atoms in total. The van der Waals surface area contributed by atoms with E-state index < -0.39 is 0 Å². The number of carbonyl (C=O) groups excluding carboxylic acids is 2. The highest BCUT2D eigenvalue weighted by atomic mass is 16.7. The fourth-order valence-electron chi connectivity index (χ4n) is 4.43. The maximum absolute atomic E-state index is 12.9. The molecule has 0 aromatic heterocycles. The number of carbonyl (C=O) groups is 2. The van der Waals surface area contributed by atoms with Crippen LogP contribution in [0.15, 0.2) is 30.4 Å². The highest BCUT2D eigenvalue weighted by molar-refractivity contribution is 5.80. The van der Waals surface area contributed by atoms with Crippen molar-refractivity contribution in [2.24, 2.45) is 23.7 Å². The fraction of sp³-hybridized carbons (Fsp3) is 0.524. The second-order valence-electron chi connectivity index (χ2n) is 7.51. The standard InChI is InChI=1S/C21H25NO5/c1-3-25-21(24)20-13(2)4-6-15-10-22(11-16(15)20)19(23)9-14-5-7-17-18(8-14)27-12-26-17/h4-8,13,15-16,20H,3,9-12H2,1-2H3/t13-,15-,16-,20-/m0/s1. The van der Waals surface area contributed by atoms with Gasteiger partial charge in [0.2, 0.25) is 12.7 Å². The number of fused-ring (bicyclic) bond motifs is 2. The Hall–Kier alpha value is -2.50. The summed E-state index contributed by atoms with van der Waals surface area (Å²) in [6.07, 6.45) is 4.58. The summed E-state index contributed by atoms with van der Waals surface area (Å²) in [6.45, 7) is 5.75. The van der Waals surface area contributed by atoms with Crippen molar-refractivity contribution in [1.29, 1.82) is 0 Å². The molecule has 0 radical (unpaired) electrons. The van der Waals surface area contributed by atoms with Gasteiger partial charge in [0.1, 0.15) is 0 Å². The Kier molecular flexibility index (Phi) is 4.81. The lowest BCUT2D eigenvalue weighted by Gasteiger charge is -2.31. The summed E-state index contributed by atoms with van der Waals surface area (Å²) in [5.41, 5.74) is 0.907. The van der Waals surface area contributed by atoms with Gasteiger partial charge in [0, 0.05) is 13.1 Å². The van der Waals surface area contributed by atoms with Crippen molar-refractivity contribution in [2.45, 2.75) is 20.3 Å². The number of rotatable bonds is 4. The molecule has 0 spiro atoms. The average Bonchev–Trinajstić information content (AvgIpc) is 3.27. The Bertz CT molecular complexity index is 774. The van der Waals surface area contributed by atoms with Gasteiger partial charge in [-0.3, -0.25) is 9.59 Å². The molecule has 0 bridgehead atoms. The molecule has 3 aliphatic rings. The summed E-state index contributed by atoms with van der Waals surface area (Å²) in [5.74, 6) is 1.64. The minimum Gasteiger partial charge on any atom is -0.466 e. The van der Waals surface area contributed by atoms with Crippen molar-refractivity contribution >= 4 is 11.9 Å². The van der Waals surface area contributed by atoms with Gasteiger partial charge in [-0.15, -0.1) is 0 Å². The largest absolute Gasteiger partial charge is 0.466 e. The Morgan fingerprint density at radius 3 is 2.81 bits per heavy atom. The van der Waals surface area contributed by atoms with Crippen LogP contribution in [0.4, 0.5) is 0 Å². The molecule has 1 fully saturated rings. The van der Waals surface area contributed by atoms with E-state index in [4.69, 9.17) is 14.2 Å². The van der Waals surface area contributed by atoms with Crippen LogP contribution in [0.3, 0.4) is 0 Å². The molecule has 1 saturated heterocycles.